The second-order valence-corrected chi connectivity index (χ2v) is 8.30. The first kappa shape index (κ1) is 22.2. The molecule has 0 atom stereocenters. The molecular formula is C22H24FN7O3. The van der Waals surface area contributed by atoms with Crippen LogP contribution >= 0.6 is 0 Å². The predicted molar refractivity (Wildman–Crippen MR) is 120 cm³/mol. The molecule has 33 heavy (non-hydrogen) atoms. The van der Waals surface area contributed by atoms with E-state index in [2.05, 4.69) is 22.0 Å². The van der Waals surface area contributed by atoms with Crippen molar-refractivity contribution < 1.29 is 18.8 Å². The lowest BCUT2D eigenvalue weighted by Crippen LogP contribution is -2.41. The molecule has 1 N–H and O–H groups in total. The van der Waals surface area contributed by atoms with Crippen LogP contribution in [0, 0.1) is 5.82 Å². The molecule has 10 nitrogen and oxygen atoms in total. The maximum atomic E-state index is 13.3. The van der Waals surface area contributed by atoms with E-state index in [1.165, 1.54) is 32.7 Å². The first-order valence-corrected chi connectivity index (χ1v) is 10.3. The van der Waals surface area contributed by atoms with Gasteiger partial charge >= 0.3 is 0 Å². The van der Waals surface area contributed by atoms with Gasteiger partial charge in [0, 0.05) is 31.8 Å². The Morgan fingerprint density at radius 2 is 2.03 bits per heavy atom. The Labute approximate surface area is 190 Å². The lowest BCUT2D eigenvalue weighted by atomic mass is 10.1. The zero-order chi connectivity index (χ0) is 24.0. The maximum absolute atomic E-state index is 13.3. The fourth-order valence-corrected chi connectivity index (χ4v) is 3.78. The number of rotatable bonds is 5. The molecule has 2 aliphatic rings. The number of fused-ring (bicyclic) bond motifs is 1. The van der Waals surface area contributed by atoms with Crippen molar-refractivity contribution in [3.63, 3.8) is 0 Å². The highest BCUT2D eigenvalue weighted by atomic mass is 19.1. The molecule has 3 amide bonds. The molecule has 0 aromatic carbocycles. The van der Waals surface area contributed by atoms with Crippen molar-refractivity contribution in [3.8, 4) is 0 Å². The van der Waals surface area contributed by atoms with Crippen molar-refractivity contribution in [1.82, 2.24) is 24.6 Å². The Morgan fingerprint density at radius 3 is 2.64 bits per heavy atom. The molecule has 2 aliphatic heterocycles. The maximum Gasteiger partial charge on any atom is 0.273 e. The van der Waals surface area contributed by atoms with Crippen LogP contribution < -0.4 is 10.2 Å². The lowest BCUT2D eigenvalue weighted by Gasteiger charge is -2.30. The quantitative estimate of drug-likeness (QED) is 0.737. The normalized spacial score (nSPS) is 15.2. The molecule has 2 aromatic rings. The summed E-state index contributed by atoms with van der Waals surface area (Å²) < 4.78 is 14.6. The molecule has 0 bridgehead atoms. The summed E-state index contributed by atoms with van der Waals surface area (Å²) >= 11 is 0. The zero-order valence-corrected chi connectivity index (χ0v) is 18.8. The molecule has 2 aromatic heterocycles. The Balaban J connectivity index is 1.72. The van der Waals surface area contributed by atoms with Crippen LogP contribution in [0.2, 0.25) is 0 Å². The van der Waals surface area contributed by atoms with E-state index >= 15 is 0 Å². The Morgan fingerprint density at radius 1 is 1.30 bits per heavy atom. The minimum Gasteiger partial charge on any atom is -0.343 e. The summed E-state index contributed by atoms with van der Waals surface area (Å²) in [5, 5.41) is 7.00. The molecule has 4 rings (SSSR count). The highest BCUT2D eigenvalue weighted by Gasteiger charge is 2.42. The molecule has 0 saturated carbocycles. The van der Waals surface area contributed by atoms with Gasteiger partial charge in [0.15, 0.2) is 5.69 Å². The van der Waals surface area contributed by atoms with Crippen LogP contribution in [-0.2, 0) is 9.59 Å². The number of aromatic nitrogens is 3. The minimum atomic E-state index is -0.523. The van der Waals surface area contributed by atoms with Gasteiger partial charge in [-0.2, -0.15) is 5.10 Å². The smallest absolute Gasteiger partial charge is 0.273 e. The van der Waals surface area contributed by atoms with Gasteiger partial charge in [-0.15, -0.1) is 0 Å². The Bertz CT molecular complexity index is 1200. The van der Waals surface area contributed by atoms with E-state index in [-0.39, 0.29) is 35.9 Å². The Kier molecular flexibility index (Phi) is 5.48. The van der Waals surface area contributed by atoms with Crippen molar-refractivity contribution in [1.29, 1.82) is 0 Å². The average molecular weight is 453 g/mol. The van der Waals surface area contributed by atoms with Crippen molar-refractivity contribution in [2.75, 3.05) is 37.4 Å². The molecule has 0 saturated heterocycles. The largest absolute Gasteiger partial charge is 0.343 e. The first-order valence-electron chi connectivity index (χ1n) is 10.3. The number of carbonyl (C=O) groups excluding carboxylic acids is 3. The van der Waals surface area contributed by atoms with Crippen molar-refractivity contribution in [2.24, 2.45) is 0 Å². The standard InChI is InChI=1S/C22H24FN7O3/c1-12(2)28-10-15-13(3)30-19(8-16(26-30)21(32)27(4)5)29(20(15)22(28)33)11-18(31)25-17-7-6-14(23)9-24-17/h6-9,12H,3,10-11H2,1-2,4-5H3,(H,24,25,31). The van der Waals surface area contributed by atoms with Gasteiger partial charge in [-0.1, -0.05) is 6.58 Å². The summed E-state index contributed by atoms with van der Waals surface area (Å²) in [6, 6.07) is 4.00. The van der Waals surface area contributed by atoms with Crippen molar-refractivity contribution >= 4 is 35.1 Å². The number of carbonyl (C=O) groups is 3. The zero-order valence-electron chi connectivity index (χ0n) is 18.8. The monoisotopic (exact) mass is 453 g/mol. The number of nitrogens with zero attached hydrogens (tertiary/aromatic N) is 6. The van der Waals surface area contributed by atoms with Crippen LogP contribution in [0.4, 0.5) is 16.0 Å². The molecule has 0 radical (unpaired) electrons. The van der Waals surface area contributed by atoms with E-state index in [1.807, 2.05) is 13.8 Å². The topological polar surface area (TPSA) is 104 Å². The fourth-order valence-electron chi connectivity index (χ4n) is 3.78. The SMILES string of the molecule is C=C1C2=C(C(=O)N(C(C)C)C2)N(CC(=O)Nc2ccc(F)cn2)c2cc(C(=O)N(C)C)nn21. The van der Waals surface area contributed by atoms with Crippen molar-refractivity contribution in [2.45, 2.75) is 19.9 Å². The predicted octanol–water partition coefficient (Wildman–Crippen LogP) is 1.55. The van der Waals surface area contributed by atoms with E-state index in [9.17, 15) is 18.8 Å². The number of anilines is 2. The summed E-state index contributed by atoms with van der Waals surface area (Å²) in [6.45, 7) is 7.98. The first-order chi connectivity index (χ1) is 15.6. The summed E-state index contributed by atoms with van der Waals surface area (Å²) in [5.74, 6) is -0.996. The summed E-state index contributed by atoms with van der Waals surface area (Å²) in [4.78, 5) is 47.1. The van der Waals surface area contributed by atoms with Gasteiger partial charge in [-0.05, 0) is 26.0 Å². The van der Waals surface area contributed by atoms with Gasteiger partial charge in [0.25, 0.3) is 11.8 Å². The number of hydrogen-bond acceptors (Lipinski definition) is 6. The van der Waals surface area contributed by atoms with Gasteiger partial charge in [0.2, 0.25) is 5.91 Å². The Hall–Kier alpha value is -4.02. The van der Waals surface area contributed by atoms with Crippen molar-refractivity contribution in [3.05, 3.63) is 53.8 Å². The molecule has 11 heteroatoms. The van der Waals surface area contributed by atoms with E-state index < -0.39 is 11.7 Å². The molecule has 0 spiro atoms. The van der Waals surface area contributed by atoms with Crippen LogP contribution in [-0.4, -0.2) is 75.5 Å². The molecule has 4 heterocycles. The van der Waals surface area contributed by atoms with E-state index in [4.69, 9.17) is 0 Å². The fraction of sp³-hybridized carbons (Fsp3) is 0.318. The van der Waals surface area contributed by atoms with Gasteiger partial charge in [-0.3, -0.25) is 14.4 Å². The molecule has 0 fully saturated rings. The third-order valence-corrected chi connectivity index (χ3v) is 5.46. The molecule has 0 aliphatic carbocycles. The van der Waals surface area contributed by atoms with E-state index in [0.717, 1.165) is 6.20 Å². The number of hydrogen-bond donors (Lipinski definition) is 1. The number of nitrogens with one attached hydrogen (secondary N) is 1. The van der Waals surface area contributed by atoms with E-state index in [1.54, 1.807) is 19.0 Å². The minimum absolute atomic E-state index is 0.0619. The summed E-state index contributed by atoms with van der Waals surface area (Å²) in [7, 11) is 3.22. The second kappa shape index (κ2) is 8.15. The third kappa shape index (κ3) is 3.86. The van der Waals surface area contributed by atoms with Crippen LogP contribution in [0.15, 0.2) is 42.2 Å². The van der Waals surface area contributed by atoms with Gasteiger partial charge in [0.05, 0.1) is 18.4 Å². The number of halogens is 1. The number of amides is 3. The molecule has 0 unspecified atom stereocenters. The van der Waals surface area contributed by atoms with Crippen LogP contribution in [0.3, 0.4) is 0 Å². The van der Waals surface area contributed by atoms with Crippen LogP contribution in [0.25, 0.3) is 5.70 Å². The average Bonchev–Trinajstić information content (AvgIpc) is 3.35. The molecular weight excluding hydrogens is 429 g/mol. The summed E-state index contributed by atoms with van der Waals surface area (Å²) in [6.07, 6.45) is 0.996. The highest BCUT2D eigenvalue weighted by molar-refractivity contribution is 6.08. The lowest BCUT2D eigenvalue weighted by molar-refractivity contribution is -0.127. The van der Waals surface area contributed by atoms with E-state index in [0.29, 0.717) is 29.3 Å². The molecule has 172 valence electrons. The third-order valence-electron chi connectivity index (χ3n) is 5.46. The van der Waals surface area contributed by atoms with Crippen LogP contribution in [0.1, 0.15) is 24.3 Å². The summed E-state index contributed by atoms with van der Waals surface area (Å²) in [5.41, 5.74) is 1.61. The van der Waals surface area contributed by atoms with Gasteiger partial charge < -0.3 is 20.0 Å². The number of pyridine rings is 1. The van der Waals surface area contributed by atoms with Crippen LogP contribution in [0.5, 0.6) is 0 Å². The van der Waals surface area contributed by atoms with Gasteiger partial charge in [-0.25, -0.2) is 14.1 Å². The highest BCUT2D eigenvalue weighted by Crippen LogP contribution is 2.39. The second-order valence-electron chi connectivity index (χ2n) is 8.30. The van der Waals surface area contributed by atoms with Gasteiger partial charge in [0.1, 0.15) is 29.7 Å².